The van der Waals surface area contributed by atoms with E-state index < -0.39 is 0 Å². The predicted molar refractivity (Wildman–Crippen MR) is 74.1 cm³/mol. The van der Waals surface area contributed by atoms with Gasteiger partial charge < -0.3 is 5.73 Å². The summed E-state index contributed by atoms with van der Waals surface area (Å²) < 4.78 is 0. The molecule has 2 rings (SSSR count). The second kappa shape index (κ2) is 5.71. The van der Waals surface area contributed by atoms with Crippen molar-refractivity contribution in [1.82, 2.24) is 9.97 Å². The molecule has 0 amide bonds. The lowest BCUT2D eigenvalue weighted by atomic mass is 9.96. The molecular weight excluding hydrogens is 230 g/mol. The van der Waals surface area contributed by atoms with Crippen molar-refractivity contribution in [3.05, 3.63) is 17.1 Å². The molecule has 1 atom stereocenters. The standard InChI is InChI=1S/C13H21N3S/c1-3-9(2)17-8-12-15-11-7-5-4-6-10(11)13(14)16-12/h9H,3-8H2,1-2H3,(H2,14,15,16). The number of aryl methyl sites for hydroxylation is 1. The van der Waals surface area contributed by atoms with Crippen LogP contribution < -0.4 is 5.73 Å². The van der Waals surface area contributed by atoms with Crippen LogP contribution in [0.1, 0.15) is 50.2 Å². The summed E-state index contributed by atoms with van der Waals surface area (Å²) >= 11 is 1.91. The van der Waals surface area contributed by atoms with Gasteiger partial charge in [-0.3, -0.25) is 0 Å². The van der Waals surface area contributed by atoms with Crippen LogP contribution in [-0.4, -0.2) is 15.2 Å². The minimum atomic E-state index is 0.663. The van der Waals surface area contributed by atoms with Gasteiger partial charge in [-0.2, -0.15) is 11.8 Å². The van der Waals surface area contributed by atoms with Crippen LogP contribution in [0.4, 0.5) is 5.82 Å². The molecule has 0 bridgehead atoms. The number of nitrogens with zero attached hydrogens (tertiary/aromatic N) is 2. The highest BCUT2D eigenvalue weighted by Gasteiger charge is 2.16. The SMILES string of the molecule is CCC(C)SCc1nc(N)c2c(n1)CCCC2. The van der Waals surface area contributed by atoms with Gasteiger partial charge >= 0.3 is 0 Å². The zero-order valence-electron chi connectivity index (χ0n) is 10.7. The molecule has 4 heteroatoms. The summed E-state index contributed by atoms with van der Waals surface area (Å²) in [4.78, 5) is 9.11. The number of anilines is 1. The lowest BCUT2D eigenvalue weighted by molar-refractivity contribution is 0.660. The van der Waals surface area contributed by atoms with Crippen molar-refractivity contribution >= 4 is 17.6 Å². The van der Waals surface area contributed by atoms with E-state index in [0.29, 0.717) is 5.25 Å². The summed E-state index contributed by atoms with van der Waals surface area (Å²) in [6.07, 6.45) is 5.77. The Morgan fingerprint density at radius 3 is 2.82 bits per heavy atom. The maximum Gasteiger partial charge on any atom is 0.140 e. The van der Waals surface area contributed by atoms with Gasteiger partial charge in [-0.05, 0) is 32.1 Å². The Morgan fingerprint density at radius 1 is 1.29 bits per heavy atom. The third-order valence-electron chi connectivity index (χ3n) is 3.33. The van der Waals surface area contributed by atoms with Crippen molar-refractivity contribution in [1.29, 1.82) is 0 Å². The molecule has 1 aliphatic carbocycles. The van der Waals surface area contributed by atoms with Gasteiger partial charge in [0.25, 0.3) is 0 Å². The Kier molecular flexibility index (Phi) is 4.26. The zero-order chi connectivity index (χ0) is 12.3. The fourth-order valence-electron chi connectivity index (χ4n) is 2.08. The van der Waals surface area contributed by atoms with E-state index >= 15 is 0 Å². The third-order valence-corrected chi connectivity index (χ3v) is 4.66. The Bertz CT molecular complexity index is 392. The summed E-state index contributed by atoms with van der Waals surface area (Å²) in [6, 6.07) is 0. The van der Waals surface area contributed by atoms with Gasteiger partial charge in [0.15, 0.2) is 0 Å². The Morgan fingerprint density at radius 2 is 2.06 bits per heavy atom. The predicted octanol–water partition coefficient (Wildman–Crippen LogP) is 2.97. The minimum Gasteiger partial charge on any atom is -0.383 e. The minimum absolute atomic E-state index is 0.663. The van der Waals surface area contributed by atoms with E-state index in [2.05, 4.69) is 23.8 Å². The average Bonchev–Trinajstić information content (AvgIpc) is 2.36. The lowest BCUT2D eigenvalue weighted by Crippen LogP contribution is -2.13. The van der Waals surface area contributed by atoms with Gasteiger partial charge in [-0.1, -0.05) is 13.8 Å². The van der Waals surface area contributed by atoms with Crippen molar-refractivity contribution in [2.24, 2.45) is 0 Å². The molecule has 1 aromatic rings. The van der Waals surface area contributed by atoms with Gasteiger partial charge in [0.2, 0.25) is 0 Å². The molecule has 94 valence electrons. The number of fused-ring (bicyclic) bond motifs is 1. The van der Waals surface area contributed by atoms with Gasteiger partial charge in [0.05, 0.1) is 5.75 Å². The molecule has 1 aromatic heterocycles. The van der Waals surface area contributed by atoms with Gasteiger partial charge in [-0.15, -0.1) is 0 Å². The Labute approximate surface area is 108 Å². The van der Waals surface area contributed by atoms with Crippen LogP contribution in [0.3, 0.4) is 0 Å². The molecule has 0 aliphatic heterocycles. The Hall–Kier alpha value is -0.770. The highest BCUT2D eigenvalue weighted by atomic mass is 32.2. The van der Waals surface area contributed by atoms with Gasteiger partial charge in [0, 0.05) is 16.5 Å². The second-order valence-corrected chi connectivity index (χ2v) is 6.11. The first-order valence-corrected chi connectivity index (χ1v) is 7.51. The average molecular weight is 251 g/mol. The van der Waals surface area contributed by atoms with Gasteiger partial charge in [0.1, 0.15) is 11.6 Å². The maximum absolute atomic E-state index is 6.02. The smallest absolute Gasteiger partial charge is 0.140 e. The number of nitrogen functional groups attached to an aromatic ring is 1. The van der Waals surface area contributed by atoms with Crippen molar-refractivity contribution < 1.29 is 0 Å². The summed E-state index contributed by atoms with van der Waals surface area (Å²) in [5.41, 5.74) is 8.42. The third kappa shape index (κ3) is 3.12. The number of nitrogens with two attached hydrogens (primary N) is 1. The zero-order valence-corrected chi connectivity index (χ0v) is 11.5. The fraction of sp³-hybridized carbons (Fsp3) is 0.692. The van der Waals surface area contributed by atoms with Crippen LogP contribution in [0.2, 0.25) is 0 Å². The number of thioether (sulfide) groups is 1. The fourth-order valence-corrected chi connectivity index (χ4v) is 2.87. The highest BCUT2D eigenvalue weighted by molar-refractivity contribution is 7.99. The molecule has 0 radical (unpaired) electrons. The number of hydrogen-bond donors (Lipinski definition) is 1. The monoisotopic (exact) mass is 251 g/mol. The molecular formula is C13H21N3S. The molecule has 0 fully saturated rings. The molecule has 0 aromatic carbocycles. The molecule has 1 aliphatic rings. The molecule has 0 spiro atoms. The van der Waals surface area contributed by atoms with Gasteiger partial charge in [-0.25, -0.2) is 9.97 Å². The number of rotatable bonds is 4. The molecule has 3 nitrogen and oxygen atoms in total. The van der Waals surface area contributed by atoms with Crippen LogP contribution >= 0.6 is 11.8 Å². The van der Waals surface area contributed by atoms with E-state index in [9.17, 15) is 0 Å². The van der Waals surface area contributed by atoms with E-state index in [-0.39, 0.29) is 0 Å². The maximum atomic E-state index is 6.02. The first-order chi connectivity index (χ1) is 8.20. The normalized spacial score (nSPS) is 16.6. The molecule has 0 saturated heterocycles. The van der Waals surface area contributed by atoms with Crippen LogP contribution in [-0.2, 0) is 18.6 Å². The quantitative estimate of drug-likeness (QED) is 0.894. The van der Waals surface area contributed by atoms with Crippen molar-refractivity contribution in [2.75, 3.05) is 5.73 Å². The van der Waals surface area contributed by atoms with Crippen molar-refractivity contribution in [3.8, 4) is 0 Å². The molecule has 2 N–H and O–H groups in total. The second-order valence-electron chi connectivity index (χ2n) is 4.69. The van der Waals surface area contributed by atoms with E-state index in [1.54, 1.807) is 0 Å². The van der Waals surface area contributed by atoms with Crippen LogP contribution in [0.15, 0.2) is 0 Å². The Balaban J connectivity index is 2.11. The summed E-state index contributed by atoms with van der Waals surface area (Å²) in [7, 11) is 0. The molecule has 1 heterocycles. The largest absolute Gasteiger partial charge is 0.383 e. The topological polar surface area (TPSA) is 51.8 Å². The summed E-state index contributed by atoms with van der Waals surface area (Å²) in [5.74, 6) is 2.51. The summed E-state index contributed by atoms with van der Waals surface area (Å²) in [6.45, 7) is 4.45. The van der Waals surface area contributed by atoms with E-state index in [4.69, 9.17) is 5.73 Å². The van der Waals surface area contributed by atoms with Crippen molar-refractivity contribution in [3.63, 3.8) is 0 Å². The lowest BCUT2D eigenvalue weighted by Gasteiger charge is -2.17. The van der Waals surface area contributed by atoms with E-state index in [0.717, 1.165) is 30.2 Å². The number of aromatic nitrogens is 2. The molecule has 17 heavy (non-hydrogen) atoms. The van der Waals surface area contributed by atoms with Crippen LogP contribution in [0.5, 0.6) is 0 Å². The molecule has 1 unspecified atom stereocenters. The van der Waals surface area contributed by atoms with Crippen LogP contribution in [0.25, 0.3) is 0 Å². The first-order valence-electron chi connectivity index (χ1n) is 6.46. The van der Waals surface area contributed by atoms with E-state index in [1.807, 2.05) is 11.8 Å². The highest BCUT2D eigenvalue weighted by Crippen LogP contribution is 2.25. The van der Waals surface area contributed by atoms with Crippen LogP contribution in [0, 0.1) is 0 Å². The summed E-state index contributed by atoms with van der Waals surface area (Å²) in [5, 5.41) is 0.663. The first kappa shape index (κ1) is 12.7. The number of hydrogen-bond acceptors (Lipinski definition) is 4. The molecule has 0 saturated carbocycles. The van der Waals surface area contributed by atoms with E-state index in [1.165, 1.54) is 30.5 Å². The van der Waals surface area contributed by atoms with Crippen molar-refractivity contribution in [2.45, 2.75) is 57.0 Å².